The number of amides is 1. The number of pyridine rings is 1. The van der Waals surface area contributed by atoms with Crippen LogP contribution in [0.25, 0.3) is 0 Å². The molecule has 24 heavy (non-hydrogen) atoms. The second-order valence-corrected chi connectivity index (χ2v) is 6.21. The summed E-state index contributed by atoms with van der Waals surface area (Å²) in [5.41, 5.74) is 2.71. The van der Waals surface area contributed by atoms with Crippen LogP contribution < -0.4 is 10.1 Å². The van der Waals surface area contributed by atoms with Crippen molar-refractivity contribution in [1.29, 1.82) is 0 Å². The Balaban J connectivity index is 1.68. The topological polar surface area (TPSA) is 51.2 Å². The van der Waals surface area contributed by atoms with Crippen molar-refractivity contribution in [2.24, 2.45) is 0 Å². The number of methoxy groups -OCH3 is 1. The zero-order chi connectivity index (χ0) is 17.1. The van der Waals surface area contributed by atoms with Gasteiger partial charge < -0.3 is 10.1 Å². The molecule has 0 saturated heterocycles. The summed E-state index contributed by atoms with van der Waals surface area (Å²) in [5.74, 6) is 0.197. The zero-order valence-electron chi connectivity index (χ0n) is 13.9. The van der Waals surface area contributed by atoms with Gasteiger partial charge in [0.05, 0.1) is 13.0 Å². The Morgan fingerprint density at radius 1 is 1.42 bits per heavy atom. The molecule has 1 aromatic carbocycles. The Bertz CT molecular complexity index is 744. The van der Waals surface area contributed by atoms with Gasteiger partial charge in [-0.05, 0) is 55.0 Å². The van der Waals surface area contributed by atoms with Gasteiger partial charge in [-0.25, -0.2) is 9.37 Å². The van der Waals surface area contributed by atoms with Crippen molar-refractivity contribution < 1.29 is 13.9 Å². The molecule has 0 aliphatic heterocycles. The summed E-state index contributed by atoms with van der Waals surface area (Å²) in [5, 5.41) is 2.90. The molecule has 2 aromatic rings. The number of benzene rings is 1. The van der Waals surface area contributed by atoms with Gasteiger partial charge in [0.2, 0.25) is 11.8 Å². The molecule has 1 saturated carbocycles. The number of hydrogen-bond donors (Lipinski definition) is 1. The van der Waals surface area contributed by atoms with Crippen LogP contribution in [0.15, 0.2) is 36.5 Å². The Hall–Kier alpha value is -2.43. The summed E-state index contributed by atoms with van der Waals surface area (Å²) < 4.78 is 18.6. The average Bonchev–Trinajstić information content (AvgIpc) is 3.43. The first-order valence-electron chi connectivity index (χ1n) is 8.14. The minimum Gasteiger partial charge on any atom is -0.481 e. The summed E-state index contributed by atoms with van der Waals surface area (Å²) in [6, 6.07) is 8.18. The van der Waals surface area contributed by atoms with Gasteiger partial charge in [0, 0.05) is 18.3 Å². The molecule has 4 nitrogen and oxygen atoms in total. The molecular weight excluding hydrogens is 307 g/mol. The van der Waals surface area contributed by atoms with Gasteiger partial charge in [-0.1, -0.05) is 12.1 Å². The zero-order valence-corrected chi connectivity index (χ0v) is 13.9. The lowest BCUT2D eigenvalue weighted by Gasteiger charge is -2.14. The average molecular weight is 328 g/mol. The monoisotopic (exact) mass is 328 g/mol. The molecule has 1 fully saturated rings. The van der Waals surface area contributed by atoms with E-state index in [0.717, 1.165) is 5.56 Å². The SMILES string of the molecule is COc1ncc(C2CC2)cc1CNC(=O)C(C)c1cccc(F)c1. The van der Waals surface area contributed by atoms with Crippen molar-refractivity contribution in [2.75, 3.05) is 7.11 Å². The Morgan fingerprint density at radius 2 is 2.21 bits per heavy atom. The van der Waals surface area contributed by atoms with E-state index in [1.54, 1.807) is 26.2 Å². The number of aromatic nitrogens is 1. The molecule has 0 bridgehead atoms. The van der Waals surface area contributed by atoms with Crippen LogP contribution in [0.2, 0.25) is 0 Å². The van der Waals surface area contributed by atoms with E-state index < -0.39 is 5.92 Å². The molecule has 5 heteroatoms. The fourth-order valence-electron chi connectivity index (χ4n) is 2.73. The maximum absolute atomic E-state index is 13.3. The molecule has 1 amide bonds. The number of ether oxygens (including phenoxy) is 1. The largest absolute Gasteiger partial charge is 0.481 e. The smallest absolute Gasteiger partial charge is 0.227 e. The number of carbonyl (C=O) groups is 1. The van der Waals surface area contributed by atoms with Gasteiger partial charge in [0.1, 0.15) is 5.82 Å². The molecule has 1 aliphatic carbocycles. The second kappa shape index (κ2) is 6.99. The fraction of sp³-hybridized carbons (Fsp3) is 0.368. The summed E-state index contributed by atoms with van der Waals surface area (Å²) in [4.78, 5) is 16.7. The number of nitrogens with zero attached hydrogens (tertiary/aromatic N) is 1. The van der Waals surface area contributed by atoms with Crippen LogP contribution in [0, 0.1) is 5.82 Å². The first kappa shape index (κ1) is 16.4. The molecule has 1 aliphatic rings. The molecule has 1 N–H and O–H groups in total. The van der Waals surface area contributed by atoms with Crippen LogP contribution in [0.3, 0.4) is 0 Å². The summed E-state index contributed by atoms with van der Waals surface area (Å²) >= 11 is 0. The van der Waals surface area contributed by atoms with Crippen molar-refractivity contribution in [1.82, 2.24) is 10.3 Å². The standard InChI is InChI=1S/C19H21FN2O2/c1-12(14-4-3-5-17(20)9-14)18(23)21-11-16-8-15(13-6-7-13)10-22-19(16)24-2/h3-5,8-10,12-13H,6-7,11H2,1-2H3,(H,21,23). The van der Waals surface area contributed by atoms with Gasteiger partial charge in [0.25, 0.3) is 0 Å². The molecule has 3 rings (SSSR count). The first-order valence-corrected chi connectivity index (χ1v) is 8.14. The predicted octanol–water partition coefficient (Wildman–Crippen LogP) is 3.53. The van der Waals surface area contributed by atoms with Crippen molar-refractivity contribution in [3.05, 3.63) is 59.0 Å². The third-order valence-corrected chi connectivity index (χ3v) is 4.38. The summed E-state index contributed by atoms with van der Waals surface area (Å²) in [7, 11) is 1.57. The molecule has 1 heterocycles. The van der Waals surface area contributed by atoms with Gasteiger partial charge in [-0.2, -0.15) is 0 Å². The van der Waals surface area contributed by atoms with Crippen LogP contribution in [0.1, 0.15) is 48.3 Å². The second-order valence-electron chi connectivity index (χ2n) is 6.21. The van der Waals surface area contributed by atoms with Gasteiger partial charge in [-0.15, -0.1) is 0 Å². The van der Waals surface area contributed by atoms with Crippen LogP contribution in [0.4, 0.5) is 4.39 Å². The van der Waals surface area contributed by atoms with E-state index in [9.17, 15) is 9.18 Å². The van der Waals surface area contributed by atoms with E-state index in [4.69, 9.17) is 4.74 Å². The fourth-order valence-corrected chi connectivity index (χ4v) is 2.73. The highest BCUT2D eigenvalue weighted by atomic mass is 19.1. The highest BCUT2D eigenvalue weighted by molar-refractivity contribution is 5.83. The van der Waals surface area contributed by atoms with Crippen LogP contribution >= 0.6 is 0 Å². The number of hydrogen-bond acceptors (Lipinski definition) is 3. The predicted molar refractivity (Wildman–Crippen MR) is 89.4 cm³/mol. The minimum atomic E-state index is -0.425. The molecule has 0 spiro atoms. The molecule has 1 unspecified atom stereocenters. The molecule has 126 valence electrons. The van der Waals surface area contributed by atoms with Crippen LogP contribution in [-0.4, -0.2) is 18.0 Å². The first-order chi connectivity index (χ1) is 11.6. The maximum Gasteiger partial charge on any atom is 0.227 e. The number of carbonyl (C=O) groups excluding carboxylic acids is 1. The lowest BCUT2D eigenvalue weighted by Crippen LogP contribution is -2.27. The molecular formula is C19H21FN2O2. The van der Waals surface area contributed by atoms with Crippen molar-refractivity contribution in [3.63, 3.8) is 0 Å². The van der Waals surface area contributed by atoms with E-state index in [1.807, 2.05) is 6.20 Å². The highest BCUT2D eigenvalue weighted by Gasteiger charge is 2.25. The van der Waals surface area contributed by atoms with Crippen molar-refractivity contribution in [3.8, 4) is 5.88 Å². The van der Waals surface area contributed by atoms with Gasteiger partial charge >= 0.3 is 0 Å². The highest BCUT2D eigenvalue weighted by Crippen LogP contribution is 2.40. The molecule has 0 radical (unpaired) electrons. The van der Waals surface area contributed by atoms with Crippen LogP contribution in [-0.2, 0) is 11.3 Å². The Labute approximate surface area is 141 Å². The van der Waals surface area contributed by atoms with Crippen molar-refractivity contribution >= 4 is 5.91 Å². The molecule has 1 aromatic heterocycles. The third-order valence-electron chi connectivity index (χ3n) is 4.38. The van der Waals surface area contributed by atoms with E-state index in [-0.39, 0.29) is 11.7 Å². The minimum absolute atomic E-state index is 0.153. The van der Waals surface area contributed by atoms with Gasteiger partial charge in [-0.3, -0.25) is 4.79 Å². The van der Waals surface area contributed by atoms with Crippen molar-refractivity contribution in [2.45, 2.75) is 38.1 Å². The number of nitrogens with one attached hydrogen (secondary N) is 1. The summed E-state index contributed by atoms with van der Waals surface area (Å²) in [6.07, 6.45) is 4.23. The Morgan fingerprint density at radius 3 is 2.88 bits per heavy atom. The third kappa shape index (κ3) is 3.72. The van der Waals surface area contributed by atoms with E-state index in [2.05, 4.69) is 16.4 Å². The number of rotatable bonds is 6. The Kier molecular flexibility index (Phi) is 4.79. The molecule has 1 atom stereocenters. The van der Waals surface area contributed by atoms with E-state index in [0.29, 0.717) is 23.9 Å². The lowest BCUT2D eigenvalue weighted by atomic mass is 10.00. The lowest BCUT2D eigenvalue weighted by molar-refractivity contribution is -0.122. The normalized spacial score (nSPS) is 15.0. The number of halogens is 1. The van der Waals surface area contributed by atoms with Crippen LogP contribution in [0.5, 0.6) is 5.88 Å². The van der Waals surface area contributed by atoms with E-state index >= 15 is 0 Å². The van der Waals surface area contributed by atoms with E-state index in [1.165, 1.54) is 30.5 Å². The maximum atomic E-state index is 13.3. The quantitative estimate of drug-likeness (QED) is 0.882. The summed E-state index contributed by atoms with van der Waals surface area (Å²) in [6.45, 7) is 2.11. The van der Waals surface area contributed by atoms with Gasteiger partial charge in [0.15, 0.2) is 0 Å².